The van der Waals surface area contributed by atoms with Gasteiger partial charge < -0.3 is 10.6 Å². The highest BCUT2D eigenvalue weighted by molar-refractivity contribution is 7.98. The molecule has 1 fully saturated rings. The first-order valence-electron chi connectivity index (χ1n) is 7.27. The maximum absolute atomic E-state index is 4.80. The molecular formula is C14H29N3S. The molecule has 4 heteroatoms. The monoisotopic (exact) mass is 271 g/mol. The molecule has 0 unspecified atom stereocenters. The number of guanidine groups is 1. The average molecular weight is 271 g/mol. The second-order valence-corrected chi connectivity index (χ2v) is 6.16. The largest absolute Gasteiger partial charge is 0.357 e. The van der Waals surface area contributed by atoms with E-state index in [0.717, 1.165) is 31.3 Å². The zero-order chi connectivity index (χ0) is 13.3. The first-order valence-corrected chi connectivity index (χ1v) is 8.67. The smallest absolute Gasteiger partial charge is 0.191 e. The molecule has 1 rings (SSSR count). The molecule has 1 saturated carbocycles. The van der Waals surface area contributed by atoms with E-state index in [1.54, 1.807) is 0 Å². The van der Waals surface area contributed by atoms with Crippen molar-refractivity contribution in [1.82, 2.24) is 10.6 Å². The summed E-state index contributed by atoms with van der Waals surface area (Å²) in [6.07, 6.45) is 8.89. The summed E-state index contributed by atoms with van der Waals surface area (Å²) >= 11 is 1.86. The van der Waals surface area contributed by atoms with Crippen molar-refractivity contribution in [2.45, 2.75) is 46.0 Å². The summed E-state index contributed by atoms with van der Waals surface area (Å²) in [5, 5.41) is 6.74. The maximum Gasteiger partial charge on any atom is 0.191 e. The number of nitrogens with zero attached hydrogens (tertiary/aromatic N) is 1. The van der Waals surface area contributed by atoms with Crippen LogP contribution in [0.15, 0.2) is 4.99 Å². The molecule has 3 nitrogen and oxygen atoms in total. The van der Waals surface area contributed by atoms with Crippen LogP contribution in [0, 0.1) is 5.41 Å². The van der Waals surface area contributed by atoms with Crippen LogP contribution in [0.2, 0.25) is 0 Å². The molecule has 0 amide bonds. The lowest BCUT2D eigenvalue weighted by atomic mass is 9.84. The second kappa shape index (κ2) is 8.68. The lowest BCUT2D eigenvalue weighted by Crippen LogP contribution is -2.39. The molecule has 0 bridgehead atoms. The van der Waals surface area contributed by atoms with Gasteiger partial charge in [-0.05, 0) is 37.9 Å². The summed E-state index contributed by atoms with van der Waals surface area (Å²) in [6, 6.07) is 0. The summed E-state index contributed by atoms with van der Waals surface area (Å²) < 4.78 is 0. The van der Waals surface area contributed by atoms with Crippen molar-refractivity contribution >= 4 is 17.7 Å². The van der Waals surface area contributed by atoms with E-state index in [0.29, 0.717) is 5.41 Å². The molecule has 0 heterocycles. The second-order valence-electron chi connectivity index (χ2n) is 5.18. The van der Waals surface area contributed by atoms with Crippen LogP contribution in [0.3, 0.4) is 0 Å². The Morgan fingerprint density at radius 2 is 1.94 bits per heavy atom. The van der Waals surface area contributed by atoms with E-state index in [1.807, 2.05) is 11.8 Å². The molecule has 0 aromatic rings. The Morgan fingerprint density at radius 3 is 2.50 bits per heavy atom. The third kappa shape index (κ3) is 5.09. The van der Waals surface area contributed by atoms with Crippen molar-refractivity contribution < 1.29 is 0 Å². The van der Waals surface area contributed by atoms with Gasteiger partial charge >= 0.3 is 0 Å². The molecule has 1 aliphatic rings. The fourth-order valence-corrected chi connectivity index (χ4v) is 2.91. The van der Waals surface area contributed by atoms with Crippen molar-refractivity contribution in [2.24, 2.45) is 10.4 Å². The van der Waals surface area contributed by atoms with E-state index in [4.69, 9.17) is 4.99 Å². The summed E-state index contributed by atoms with van der Waals surface area (Å²) in [5.74, 6) is 2.12. The molecule has 2 N–H and O–H groups in total. The number of thioether (sulfide) groups is 1. The third-order valence-corrected chi connectivity index (χ3v) is 4.54. The molecule has 0 atom stereocenters. The maximum atomic E-state index is 4.80. The summed E-state index contributed by atoms with van der Waals surface area (Å²) in [6.45, 7) is 7.35. The molecule has 106 valence electrons. The molecule has 0 aromatic heterocycles. The number of hydrogen-bond donors (Lipinski definition) is 2. The van der Waals surface area contributed by atoms with Gasteiger partial charge in [0.2, 0.25) is 0 Å². The van der Waals surface area contributed by atoms with Crippen molar-refractivity contribution in [2.75, 3.05) is 31.6 Å². The van der Waals surface area contributed by atoms with E-state index in [1.165, 1.54) is 32.1 Å². The van der Waals surface area contributed by atoms with Crippen molar-refractivity contribution in [1.29, 1.82) is 0 Å². The van der Waals surface area contributed by atoms with Gasteiger partial charge in [0, 0.05) is 25.4 Å². The number of aliphatic imine (C=N–C) groups is 1. The van der Waals surface area contributed by atoms with Crippen LogP contribution in [0.25, 0.3) is 0 Å². The minimum atomic E-state index is 0.488. The molecule has 0 aliphatic heterocycles. The van der Waals surface area contributed by atoms with Crippen molar-refractivity contribution in [3.63, 3.8) is 0 Å². The summed E-state index contributed by atoms with van der Waals surface area (Å²) in [5.41, 5.74) is 0.488. The molecule has 0 radical (unpaired) electrons. The lowest BCUT2D eigenvalue weighted by molar-refractivity contribution is 0.297. The predicted octanol–water partition coefficient (Wildman–Crippen LogP) is 2.87. The van der Waals surface area contributed by atoms with Crippen LogP contribution in [0.5, 0.6) is 0 Å². The fourth-order valence-electron chi connectivity index (χ4n) is 2.61. The molecule has 0 aromatic carbocycles. The molecule has 0 saturated heterocycles. The van der Waals surface area contributed by atoms with Crippen LogP contribution in [0.1, 0.15) is 46.0 Å². The van der Waals surface area contributed by atoms with Gasteiger partial charge in [-0.3, -0.25) is 4.99 Å². The Hall–Kier alpha value is -0.380. The lowest BCUT2D eigenvalue weighted by Gasteiger charge is -2.25. The highest BCUT2D eigenvalue weighted by Crippen LogP contribution is 2.41. The first kappa shape index (κ1) is 15.7. The highest BCUT2D eigenvalue weighted by Gasteiger charge is 2.31. The molecule has 1 aliphatic carbocycles. The standard InChI is InChI=1S/C14H29N3S/c1-4-14(8-6-7-9-14)12-17-13(15-5-2)16-10-11-18-3/h4-12H2,1-3H3,(H2,15,16,17). The normalized spacial score (nSPS) is 18.9. The molecule has 0 spiro atoms. The van der Waals surface area contributed by atoms with Gasteiger partial charge in [0.25, 0.3) is 0 Å². The fraction of sp³-hybridized carbons (Fsp3) is 0.929. The Morgan fingerprint density at radius 1 is 1.22 bits per heavy atom. The SMILES string of the molecule is CCNC(=NCC1(CC)CCCC1)NCCSC. The van der Waals surface area contributed by atoms with Gasteiger partial charge in [-0.15, -0.1) is 0 Å². The Bertz CT molecular complexity index is 247. The van der Waals surface area contributed by atoms with Gasteiger partial charge in [0.05, 0.1) is 0 Å². The quantitative estimate of drug-likeness (QED) is 0.425. The Kier molecular flexibility index (Phi) is 7.56. The van der Waals surface area contributed by atoms with E-state index >= 15 is 0 Å². The highest BCUT2D eigenvalue weighted by atomic mass is 32.2. The zero-order valence-corrected chi connectivity index (χ0v) is 13.0. The predicted molar refractivity (Wildman–Crippen MR) is 83.6 cm³/mol. The van der Waals surface area contributed by atoms with E-state index < -0.39 is 0 Å². The van der Waals surface area contributed by atoms with Crippen LogP contribution in [-0.4, -0.2) is 37.6 Å². The number of nitrogens with one attached hydrogen (secondary N) is 2. The van der Waals surface area contributed by atoms with Crippen LogP contribution < -0.4 is 10.6 Å². The van der Waals surface area contributed by atoms with E-state index in [9.17, 15) is 0 Å². The van der Waals surface area contributed by atoms with Gasteiger partial charge in [-0.1, -0.05) is 19.8 Å². The van der Waals surface area contributed by atoms with E-state index in [-0.39, 0.29) is 0 Å². The average Bonchev–Trinajstić information content (AvgIpc) is 2.86. The Labute approximate surface area is 117 Å². The third-order valence-electron chi connectivity index (χ3n) is 3.93. The minimum absolute atomic E-state index is 0.488. The van der Waals surface area contributed by atoms with Crippen LogP contribution >= 0.6 is 11.8 Å². The Balaban J connectivity index is 2.47. The molecule has 18 heavy (non-hydrogen) atoms. The van der Waals surface area contributed by atoms with Gasteiger partial charge in [-0.25, -0.2) is 0 Å². The topological polar surface area (TPSA) is 36.4 Å². The van der Waals surface area contributed by atoms with Crippen LogP contribution in [-0.2, 0) is 0 Å². The van der Waals surface area contributed by atoms with Gasteiger partial charge in [0.1, 0.15) is 0 Å². The van der Waals surface area contributed by atoms with Crippen molar-refractivity contribution in [3.8, 4) is 0 Å². The number of rotatable bonds is 7. The summed E-state index contributed by atoms with van der Waals surface area (Å²) in [7, 11) is 0. The molecular weight excluding hydrogens is 242 g/mol. The van der Waals surface area contributed by atoms with Crippen LogP contribution in [0.4, 0.5) is 0 Å². The number of hydrogen-bond acceptors (Lipinski definition) is 2. The summed E-state index contributed by atoms with van der Waals surface area (Å²) in [4.78, 5) is 4.80. The first-order chi connectivity index (χ1) is 8.76. The van der Waals surface area contributed by atoms with Gasteiger partial charge in [0.15, 0.2) is 5.96 Å². The van der Waals surface area contributed by atoms with E-state index in [2.05, 4.69) is 30.7 Å². The zero-order valence-electron chi connectivity index (χ0n) is 12.2. The van der Waals surface area contributed by atoms with Gasteiger partial charge in [-0.2, -0.15) is 11.8 Å². The minimum Gasteiger partial charge on any atom is -0.357 e. The van der Waals surface area contributed by atoms with Crippen molar-refractivity contribution in [3.05, 3.63) is 0 Å².